The van der Waals surface area contributed by atoms with E-state index in [1.165, 1.54) is 19.3 Å². The van der Waals surface area contributed by atoms with E-state index in [1.807, 2.05) is 36.4 Å². The van der Waals surface area contributed by atoms with E-state index in [4.69, 9.17) is 15.2 Å². The number of aliphatic hydroxyl groups excluding tert-OH is 1. The van der Waals surface area contributed by atoms with Gasteiger partial charge in [-0.2, -0.15) is 0 Å². The molecule has 2 saturated heterocycles. The van der Waals surface area contributed by atoms with Gasteiger partial charge >= 0.3 is 0 Å². The highest BCUT2D eigenvalue weighted by Gasteiger charge is 2.50. The Hall–Kier alpha value is -4.54. The molecule has 0 radical (unpaired) electrons. The van der Waals surface area contributed by atoms with Gasteiger partial charge in [0.25, 0.3) is 0 Å². The molecule has 9 heteroatoms. The Balaban J connectivity index is 0.996. The van der Waals surface area contributed by atoms with E-state index in [0.29, 0.717) is 41.2 Å². The van der Waals surface area contributed by atoms with E-state index < -0.39 is 6.29 Å². The van der Waals surface area contributed by atoms with Crippen LogP contribution in [0.25, 0.3) is 11.1 Å². The fourth-order valence-electron chi connectivity index (χ4n) is 9.33. The molecule has 2 aliphatic heterocycles. The van der Waals surface area contributed by atoms with Crippen molar-refractivity contribution in [3.8, 4) is 11.1 Å². The predicted octanol–water partition coefficient (Wildman–Crippen LogP) is 8.30. The number of anilines is 2. The Bertz CT molecular complexity index is 1960. The first kappa shape index (κ1) is 38.7. The third-order valence-corrected chi connectivity index (χ3v) is 11.5. The monoisotopic (exact) mass is 744 g/mol. The first-order valence-corrected chi connectivity index (χ1v) is 19.8. The summed E-state index contributed by atoms with van der Waals surface area (Å²) in [5.41, 5.74) is 13.7. The number of nitrogens with zero attached hydrogens (tertiary/aromatic N) is 1. The highest BCUT2D eigenvalue weighted by atomic mass is 16.7. The second kappa shape index (κ2) is 16.7. The normalized spacial score (nSPS) is 24.7. The summed E-state index contributed by atoms with van der Waals surface area (Å²) in [4.78, 5) is 27.7. The number of amides is 2. The lowest BCUT2D eigenvalue weighted by molar-refractivity contribution is -0.253. The number of carbonyl (C=O) groups excluding carboxylic acids is 2. The Morgan fingerprint density at radius 2 is 1.58 bits per heavy atom. The third kappa shape index (κ3) is 9.83. The number of hydrogen-bond donors (Lipinski definition) is 4. The summed E-state index contributed by atoms with van der Waals surface area (Å²) >= 11 is 0. The van der Waals surface area contributed by atoms with Gasteiger partial charge in [-0.1, -0.05) is 93.6 Å². The number of ether oxygens (including phenoxy) is 2. The number of nitrogen functional groups attached to an aromatic ring is 1. The molecular formula is C46H56N4O5. The van der Waals surface area contributed by atoms with Crippen LogP contribution in [0, 0.1) is 10.8 Å². The van der Waals surface area contributed by atoms with Gasteiger partial charge in [0.1, 0.15) is 0 Å². The molecule has 4 aromatic rings. The molecule has 5 N–H and O–H groups in total. The lowest BCUT2D eigenvalue weighted by Gasteiger charge is -2.41. The van der Waals surface area contributed by atoms with Gasteiger partial charge in [-0.05, 0) is 88.6 Å². The molecule has 1 aliphatic carbocycles. The summed E-state index contributed by atoms with van der Waals surface area (Å²) in [6.45, 7) is 9.69. The number of fused-ring (bicyclic) bond motifs is 2. The van der Waals surface area contributed by atoms with Crippen LogP contribution >= 0.6 is 0 Å². The number of aliphatic hydroxyl groups is 1. The summed E-state index contributed by atoms with van der Waals surface area (Å²) in [5.74, 6) is -0.268. The van der Waals surface area contributed by atoms with Crippen LogP contribution in [0.1, 0.15) is 100 Å². The number of rotatable bonds is 13. The summed E-state index contributed by atoms with van der Waals surface area (Å²) in [5, 5.41) is 15.5. The maximum Gasteiger partial charge on any atom is 0.224 e. The number of para-hydroxylation sites is 2. The number of nitrogens with two attached hydrogens (primary N) is 1. The van der Waals surface area contributed by atoms with Gasteiger partial charge in [0.05, 0.1) is 30.2 Å². The van der Waals surface area contributed by atoms with Gasteiger partial charge in [0.2, 0.25) is 11.8 Å². The van der Waals surface area contributed by atoms with Crippen molar-refractivity contribution >= 4 is 23.2 Å². The van der Waals surface area contributed by atoms with E-state index in [2.05, 4.69) is 84.8 Å². The molecule has 0 spiro atoms. The van der Waals surface area contributed by atoms with Gasteiger partial charge in [-0.15, -0.1) is 0 Å². The zero-order valence-electron chi connectivity index (χ0n) is 32.4. The Morgan fingerprint density at radius 3 is 2.36 bits per heavy atom. The van der Waals surface area contributed by atoms with Crippen molar-refractivity contribution in [2.75, 3.05) is 24.1 Å². The van der Waals surface area contributed by atoms with Crippen molar-refractivity contribution in [3.63, 3.8) is 0 Å². The van der Waals surface area contributed by atoms with E-state index in [-0.39, 0.29) is 43.5 Å². The standard InChI is InChI=1S/C46H56N4O5/c1-45(2)24-37-25-46(3,29-45)30-50(37)27-38-23-41(33-19-17-31(28-51)18-20-33)55-44(54-38)36-12-7-11-35(22-36)34-10-6-9-32(21-34)26-48-42(52)15-8-16-43(53)49-40-14-5-4-13-39(40)47/h4-7,9-14,17-22,37-38,41,44,51H,8,15-16,23-30,47H2,1-3H3,(H,48,52)(H,49,53)/t37?,38-,41+,44+,46?/m0/s1. The highest BCUT2D eigenvalue weighted by Crippen LogP contribution is 2.53. The van der Waals surface area contributed by atoms with Crippen LogP contribution in [0.15, 0.2) is 97.1 Å². The SMILES string of the molecule is CC1(C)CC2CC(C)(CN2C[C@@H]2C[C@H](c3ccc(CO)cc3)O[C@H](c3cccc(-c4cccc(CNC(=O)CCCC(=O)Nc5ccccc5N)c4)c3)O2)C1. The first-order valence-electron chi connectivity index (χ1n) is 19.8. The summed E-state index contributed by atoms with van der Waals surface area (Å²) in [6.07, 6.45) is 4.75. The van der Waals surface area contributed by atoms with Crippen molar-refractivity contribution in [2.45, 2.75) is 103 Å². The van der Waals surface area contributed by atoms with E-state index in [1.54, 1.807) is 12.1 Å². The average molecular weight is 745 g/mol. The molecule has 7 rings (SSSR count). The Kier molecular flexibility index (Phi) is 11.7. The van der Waals surface area contributed by atoms with Crippen LogP contribution < -0.4 is 16.4 Å². The fraction of sp³-hybridized carbons (Fsp3) is 0.435. The first-order chi connectivity index (χ1) is 26.4. The second-order valence-electron chi connectivity index (χ2n) is 17.1. The van der Waals surface area contributed by atoms with Crippen molar-refractivity contribution in [1.29, 1.82) is 0 Å². The zero-order chi connectivity index (χ0) is 38.6. The molecule has 3 aliphatic rings. The molecular weight excluding hydrogens is 689 g/mol. The maximum absolute atomic E-state index is 12.7. The van der Waals surface area contributed by atoms with E-state index in [9.17, 15) is 14.7 Å². The number of benzene rings is 4. The highest BCUT2D eigenvalue weighted by molar-refractivity contribution is 5.94. The number of likely N-dealkylation sites (tertiary alicyclic amines) is 1. The van der Waals surface area contributed by atoms with Crippen molar-refractivity contribution in [3.05, 3.63) is 119 Å². The Labute approximate surface area is 325 Å². The minimum Gasteiger partial charge on any atom is -0.397 e. The smallest absolute Gasteiger partial charge is 0.224 e. The average Bonchev–Trinajstić information content (AvgIpc) is 3.41. The molecule has 2 bridgehead atoms. The molecule has 290 valence electrons. The van der Waals surface area contributed by atoms with Gasteiger partial charge in [0, 0.05) is 50.5 Å². The van der Waals surface area contributed by atoms with Crippen LogP contribution in [0.5, 0.6) is 0 Å². The molecule has 1 saturated carbocycles. The van der Waals surface area contributed by atoms with Crippen molar-refractivity contribution in [1.82, 2.24) is 10.2 Å². The van der Waals surface area contributed by atoms with Gasteiger partial charge in [-0.3, -0.25) is 14.5 Å². The lowest BCUT2D eigenvalue weighted by atomic mass is 9.65. The van der Waals surface area contributed by atoms with Crippen LogP contribution in [0.3, 0.4) is 0 Å². The van der Waals surface area contributed by atoms with Crippen molar-refractivity contribution < 1.29 is 24.2 Å². The minimum absolute atomic E-state index is 0.0000290. The molecule has 2 unspecified atom stereocenters. The quantitative estimate of drug-likeness (QED) is 0.102. The van der Waals surface area contributed by atoms with Crippen LogP contribution in [-0.2, 0) is 32.2 Å². The van der Waals surface area contributed by atoms with Crippen LogP contribution in [0.2, 0.25) is 0 Å². The summed E-state index contributed by atoms with van der Waals surface area (Å²) in [7, 11) is 0. The second-order valence-corrected chi connectivity index (χ2v) is 17.1. The molecule has 9 nitrogen and oxygen atoms in total. The van der Waals surface area contributed by atoms with Crippen LogP contribution in [-0.4, -0.2) is 47.1 Å². The number of carbonyl (C=O) groups is 2. The largest absolute Gasteiger partial charge is 0.397 e. The molecule has 5 atom stereocenters. The molecule has 55 heavy (non-hydrogen) atoms. The predicted molar refractivity (Wildman–Crippen MR) is 217 cm³/mol. The Morgan fingerprint density at radius 1 is 0.836 bits per heavy atom. The van der Waals surface area contributed by atoms with E-state index >= 15 is 0 Å². The third-order valence-electron chi connectivity index (χ3n) is 11.5. The molecule has 2 amide bonds. The zero-order valence-corrected chi connectivity index (χ0v) is 32.4. The van der Waals surface area contributed by atoms with Crippen molar-refractivity contribution in [2.24, 2.45) is 10.8 Å². The number of hydrogen-bond acceptors (Lipinski definition) is 7. The van der Waals surface area contributed by atoms with Gasteiger partial charge in [0.15, 0.2) is 6.29 Å². The fourth-order valence-corrected chi connectivity index (χ4v) is 9.33. The maximum atomic E-state index is 12.7. The number of nitrogens with one attached hydrogen (secondary N) is 2. The van der Waals surface area contributed by atoms with Crippen LogP contribution in [0.4, 0.5) is 11.4 Å². The summed E-state index contributed by atoms with van der Waals surface area (Å²) < 4.78 is 13.6. The lowest BCUT2D eigenvalue weighted by Crippen LogP contribution is -2.42. The van der Waals surface area contributed by atoms with Gasteiger partial charge in [-0.25, -0.2) is 0 Å². The van der Waals surface area contributed by atoms with E-state index in [0.717, 1.165) is 52.9 Å². The molecule has 4 aromatic carbocycles. The molecule has 2 heterocycles. The topological polar surface area (TPSA) is 126 Å². The van der Waals surface area contributed by atoms with Gasteiger partial charge < -0.3 is 30.9 Å². The molecule has 0 aromatic heterocycles. The minimum atomic E-state index is -0.537. The molecule has 3 fully saturated rings. The summed E-state index contributed by atoms with van der Waals surface area (Å²) in [6, 6.07) is 32.4.